The fourth-order valence-electron chi connectivity index (χ4n) is 1.96. The van der Waals surface area contributed by atoms with Gasteiger partial charge < -0.3 is 10.6 Å². The number of thioether (sulfide) groups is 1. The van der Waals surface area contributed by atoms with Gasteiger partial charge in [0, 0.05) is 18.8 Å². The quantitative estimate of drug-likeness (QED) is 0.871. The van der Waals surface area contributed by atoms with Crippen molar-refractivity contribution in [3.8, 4) is 0 Å². The standard InChI is InChI=1S/C15H12ClN5O2S/c16-9-4-1-2-5-10(9)19-12(22)8-11-13(23)20-15(24-11)21-14-17-6-3-7-18-14/h1-7,11H,8H2,(H,19,22)(H,17,18,20,21,23). The van der Waals surface area contributed by atoms with Crippen LogP contribution < -0.4 is 10.6 Å². The first kappa shape index (κ1) is 16.4. The number of rotatable bonds is 4. The highest BCUT2D eigenvalue weighted by atomic mass is 35.5. The highest BCUT2D eigenvalue weighted by Crippen LogP contribution is 2.25. The maximum absolute atomic E-state index is 12.1. The van der Waals surface area contributed by atoms with Gasteiger partial charge in [0.15, 0.2) is 5.17 Å². The first-order valence-electron chi connectivity index (χ1n) is 6.99. The van der Waals surface area contributed by atoms with Gasteiger partial charge in [-0.05, 0) is 18.2 Å². The van der Waals surface area contributed by atoms with Crippen LogP contribution in [0.5, 0.6) is 0 Å². The van der Waals surface area contributed by atoms with Crippen molar-refractivity contribution in [2.24, 2.45) is 4.99 Å². The summed E-state index contributed by atoms with van der Waals surface area (Å²) in [7, 11) is 0. The van der Waals surface area contributed by atoms with Crippen molar-refractivity contribution >= 4 is 52.0 Å². The predicted molar refractivity (Wildman–Crippen MR) is 93.3 cm³/mol. The number of benzene rings is 1. The monoisotopic (exact) mass is 361 g/mol. The maximum atomic E-state index is 12.1. The van der Waals surface area contributed by atoms with E-state index in [-0.39, 0.29) is 24.2 Å². The van der Waals surface area contributed by atoms with Crippen LogP contribution in [0.25, 0.3) is 0 Å². The molecular weight excluding hydrogens is 350 g/mol. The van der Waals surface area contributed by atoms with Crippen molar-refractivity contribution in [3.05, 3.63) is 47.7 Å². The lowest BCUT2D eigenvalue weighted by Gasteiger charge is -2.08. The second-order valence-corrected chi connectivity index (χ2v) is 6.39. The minimum Gasteiger partial charge on any atom is -0.325 e. The zero-order chi connectivity index (χ0) is 16.9. The zero-order valence-electron chi connectivity index (χ0n) is 12.3. The number of amides is 2. The van der Waals surface area contributed by atoms with Gasteiger partial charge in [0.05, 0.1) is 10.7 Å². The van der Waals surface area contributed by atoms with Crippen LogP contribution in [-0.2, 0) is 9.59 Å². The molecule has 2 heterocycles. The van der Waals surface area contributed by atoms with Crippen LogP contribution in [0.1, 0.15) is 6.42 Å². The summed E-state index contributed by atoms with van der Waals surface area (Å²) in [5.41, 5.74) is 0.513. The molecule has 0 spiro atoms. The molecule has 1 atom stereocenters. The Morgan fingerprint density at radius 3 is 2.79 bits per heavy atom. The lowest BCUT2D eigenvalue weighted by Crippen LogP contribution is -2.28. The lowest BCUT2D eigenvalue weighted by molar-refractivity contribution is -0.122. The van der Waals surface area contributed by atoms with E-state index in [1.165, 1.54) is 11.8 Å². The molecular formula is C15H12ClN5O2S. The Kier molecular flexibility index (Phi) is 5.07. The van der Waals surface area contributed by atoms with Gasteiger partial charge in [-0.2, -0.15) is 4.99 Å². The van der Waals surface area contributed by atoms with Crippen molar-refractivity contribution in [1.82, 2.24) is 15.3 Å². The highest BCUT2D eigenvalue weighted by Gasteiger charge is 2.32. The van der Waals surface area contributed by atoms with Crippen molar-refractivity contribution in [1.29, 1.82) is 0 Å². The summed E-state index contributed by atoms with van der Waals surface area (Å²) in [6.45, 7) is 0. The van der Waals surface area contributed by atoms with E-state index in [2.05, 4.69) is 25.6 Å². The van der Waals surface area contributed by atoms with E-state index < -0.39 is 5.25 Å². The molecule has 3 rings (SSSR count). The Morgan fingerprint density at radius 2 is 2.04 bits per heavy atom. The topological polar surface area (TPSA) is 96.3 Å². The van der Waals surface area contributed by atoms with E-state index in [1.54, 1.807) is 42.7 Å². The predicted octanol–water partition coefficient (Wildman–Crippen LogP) is 2.38. The summed E-state index contributed by atoms with van der Waals surface area (Å²) >= 11 is 7.17. The van der Waals surface area contributed by atoms with E-state index in [0.29, 0.717) is 15.9 Å². The molecule has 1 aromatic heterocycles. The van der Waals surface area contributed by atoms with Crippen molar-refractivity contribution < 1.29 is 9.59 Å². The van der Waals surface area contributed by atoms with Gasteiger partial charge in [-0.1, -0.05) is 35.5 Å². The van der Waals surface area contributed by atoms with Gasteiger partial charge in [-0.25, -0.2) is 9.97 Å². The molecule has 0 bridgehead atoms. The molecule has 122 valence electrons. The van der Waals surface area contributed by atoms with Gasteiger partial charge in [0.2, 0.25) is 11.8 Å². The minimum absolute atomic E-state index is 0.0103. The first-order chi connectivity index (χ1) is 11.6. The number of aliphatic imine (C=N–C) groups is 1. The number of nitrogens with one attached hydrogen (secondary N) is 2. The van der Waals surface area contributed by atoms with Crippen LogP contribution >= 0.6 is 23.4 Å². The molecule has 2 amide bonds. The Balaban J connectivity index is 1.62. The number of para-hydroxylation sites is 1. The van der Waals surface area contributed by atoms with Crippen LogP contribution in [0.3, 0.4) is 0 Å². The molecule has 2 N–H and O–H groups in total. The lowest BCUT2D eigenvalue weighted by atomic mass is 10.2. The summed E-state index contributed by atoms with van der Waals surface area (Å²) in [5, 5.41) is 5.57. The molecule has 1 saturated heterocycles. The summed E-state index contributed by atoms with van der Waals surface area (Å²) < 4.78 is 0. The Hall–Kier alpha value is -2.45. The Labute approximate surface area is 146 Å². The van der Waals surface area contributed by atoms with Gasteiger partial charge in [-0.15, -0.1) is 0 Å². The normalized spacial score (nSPS) is 18.5. The fourth-order valence-corrected chi connectivity index (χ4v) is 3.11. The average molecular weight is 362 g/mol. The average Bonchev–Trinajstić information content (AvgIpc) is 2.90. The number of hydrogen-bond donors (Lipinski definition) is 2. The van der Waals surface area contributed by atoms with Gasteiger partial charge in [0.25, 0.3) is 5.95 Å². The number of nitrogens with zero attached hydrogens (tertiary/aromatic N) is 3. The summed E-state index contributed by atoms with van der Waals surface area (Å²) in [6.07, 6.45) is 3.13. The van der Waals surface area contributed by atoms with E-state index >= 15 is 0 Å². The fraction of sp³-hybridized carbons (Fsp3) is 0.133. The SMILES string of the molecule is O=C(CC1S/C(=N\c2ncccn2)NC1=O)Nc1ccccc1Cl. The third-order valence-corrected chi connectivity index (χ3v) is 4.46. The molecule has 0 radical (unpaired) electrons. The van der Waals surface area contributed by atoms with Gasteiger partial charge in [-0.3, -0.25) is 9.59 Å². The Morgan fingerprint density at radius 1 is 1.29 bits per heavy atom. The van der Waals surface area contributed by atoms with Gasteiger partial charge in [0.1, 0.15) is 5.25 Å². The van der Waals surface area contributed by atoms with Crippen molar-refractivity contribution in [2.75, 3.05) is 5.32 Å². The number of hydrogen-bond acceptors (Lipinski definition) is 6. The smallest absolute Gasteiger partial charge is 0.251 e. The third kappa shape index (κ3) is 4.09. The summed E-state index contributed by atoms with van der Waals surface area (Å²) in [4.78, 5) is 36.1. The number of carbonyl (C=O) groups excluding carboxylic acids is 2. The molecule has 2 aromatic rings. The Bertz CT molecular complexity index is 799. The number of anilines is 1. The van der Waals surface area contributed by atoms with E-state index in [9.17, 15) is 9.59 Å². The molecule has 0 aliphatic carbocycles. The molecule has 24 heavy (non-hydrogen) atoms. The molecule has 1 aliphatic heterocycles. The van der Waals surface area contributed by atoms with Crippen molar-refractivity contribution in [2.45, 2.75) is 11.7 Å². The summed E-state index contributed by atoms with van der Waals surface area (Å²) in [6, 6.07) is 8.59. The largest absolute Gasteiger partial charge is 0.325 e. The summed E-state index contributed by atoms with van der Waals surface area (Å²) in [5.74, 6) is -0.321. The minimum atomic E-state index is -0.560. The molecule has 1 unspecified atom stereocenters. The van der Waals surface area contributed by atoms with Crippen LogP contribution in [0.4, 0.5) is 11.6 Å². The van der Waals surface area contributed by atoms with Crippen LogP contribution in [0.15, 0.2) is 47.7 Å². The molecule has 9 heteroatoms. The molecule has 0 saturated carbocycles. The van der Waals surface area contributed by atoms with Gasteiger partial charge >= 0.3 is 0 Å². The first-order valence-corrected chi connectivity index (χ1v) is 8.25. The zero-order valence-corrected chi connectivity index (χ0v) is 13.8. The number of halogens is 1. The number of carbonyl (C=O) groups is 2. The van der Waals surface area contributed by atoms with Crippen LogP contribution in [0, 0.1) is 0 Å². The van der Waals surface area contributed by atoms with Crippen molar-refractivity contribution in [3.63, 3.8) is 0 Å². The third-order valence-electron chi connectivity index (χ3n) is 3.05. The number of aromatic nitrogens is 2. The van der Waals surface area contributed by atoms with E-state index in [1.807, 2.05) is 0 Å². The maximum Gasteiger partial charge on any atom is 0.251 e. The molecule has 1 aromatic carbocycles. The number of amidine groups is 1. The highest BCUT2D eigenvalue weighted by molar-refractivity contribution is 8.15. The van der Waals surface area contributed by atoms with E-state index in [4.69, 9.17) is 11.6 Å². The van der Waals surface area contributed by atoms with E-state index in [0.717, 1.165) is 0 Å². The molecule has 1 fully saturated rings. The second-order valence-electron chi connectivity index (χ2n) is 4.79. The van der Waals surface area contributed by atoms with Crippen LogP contribution in [0.2, 0.25) is 5.02 Å². The van der Waals surface area contributed by atoms with Crippen LogP contribution in [-0.4, -0.2) is 32.2 Å². The molecule has 7 nitrogen and oxygen atoms in total. The molecule has 1 aliphatic rings. The second kappa shape index (κ2) is 7.41.